The van der Waals surface area contributed by atoms with Gasteiger partial charge in [-0.15, -0.1) is 0 Å². The number of allylic oxidation sites excluding steroid dienone is 7. The first-order valence-corrected chi connectivity index (χ1v) is 4.63. The third-order valence-electron chi connectivity index (χ3n) is 0.993. The van der Waals surface area contributed by atoms with E-state index < -0.39 is 0 Å². The Labute approximate surface area is 87.4 Å². The normalized spacial score (nSPS) is 13.7. The molecular weight excluding hydrogens is 261 g/mol. The molecule has 0 rings (SSSR count). The fourth-order valence-electron chi connectivity index (χ4n) is 0.503. The molecule has 0 atom stereocenters. The SMILES string of the molecule is C=C\C=C/C=C(I)/C=C\C=N/C. The zero-order valence-electron chi connectivity index (χ0n) is 7.07. The molecule has 2 heteroatoms. The highest BCUT2D eigenvalue weighted by molar-refractivity contribution is 14.1. The first kappa shape index (κ1) is 11.4. The minimum atomic E-state index is 1.16. The molecule has 12 heavy (non-hydrogen) atoms. The van der Waals surface area contributed by atoms with Crippen molar-refractivity contribution in [3.8, 4) is 0 Å². The number of halogens is 1. The van der Waals surface area contributed by atoms with Crippen LogP contribution in [0.2, 0.25) is 0 Å². The number of aliphatic imine (C=N–C) groups is 1. The van der Waals surface area contributed by atoms with Gasteiger partial charge in [-0.05, 0) is 40.8 Å². The van der Waals surface area contributed by atoms with Gasteiger partial charge >= 0.3 is 0 Å². The van der Waals surface area contributed by atoms with Crippen molar-refractivity contribution in [3.05, 3.63) is 46.6 Å². The summed E-state index contributed by atoms with van der Waals surface area (Å²) in [5.41, 5.74) is 0. The largest absolute Gasteiger partial charge is 0.297 e. The third kappa shape index (κ3) is 7.47. The number of hydrogen-bond acceptors (Lipinski definition) is 1. The van der Waals surface area contributed by atoms with Gasteiger partial charge in [-0.2, -0.15) is 0 Å². The van der Waals surface area contributed by atoms with Crippen LogP contribution in [0.1, 0.15) is 0 Å². The molecule has 0 aromatic carbocycles. The highest BCUT2D eigenvalue weighted by Gasteiger charge is 1.77. The maximum absolute atomic E-state index is 3.83. The van der Waals surface area contributed by atoms with Gasteiger partial charge in [0.15, 0.2) is 0 Å². The fourth-order valence-corrected chi connectivity index (χ4v) is 0.918. The van der Waals surface area contributed by atoms with E-state index in [1.807, 2.05) is 30.4 Å². The molecular formula is C10H12IN. The Morgan fingerprint density at radius 2 is 2.08 bits per heavy atom. The summed E-state index contributed by atoms with van der Waals surface area (Å²) in [7, 11) is 1.75. The van der Waals surface area contributed by atoms with E-state index in [0.29, 0.717) is 0 Å². The zero-order chi connectivity index (χ0) is 9.23. The van der Waals surface area contributed by atoms with E-state index in [0.717, 1.165) is 3.58 Å². The Morgan fingerprint density at radius 1 is 1.33 bits per heavy atom. The molecule has 0 aromatic heterocycles. The topological polar surface area (TPSA) is 12.4 Å². The van der Waals surface area contributed by atoms with Crippen LogP contribution in [0.5, 0.6) is 0 Å². The van der Waals surface area contributed by atoms with Gasteiger partial charge in [-0.25, -0.2) is 0 Å². The van der Waals surface area contributed by atoms with E-state index >= 15 is 0 Å². The Morgan fingerprint density at radius 3 is 2.67 bits per heavy atom. The van der Waals surface area contributed by atoms with Crippen molar-refractivity contribution in [1.29, 1.82) is 0 Å². The quantitative estimate of drug-likeness (QED) is 0.423. The molecule has 0 aromatic rings. The third-order valence-corrected chi connectivity index (χ3v) is 1.71. The van der Waals surface area contributed by atoms with Gasteiger partial charge in [0.25, 0.3) is 0 Å². The predicted octanol–water partition coefficient (Wildman–Crippen LogP) is 3.30. The number of rotatable bonds is 4. The summed E-state index contributed by atoms with van der Waals surface area (Å²) in [5, 5.41) is 0. The van der Waals surface area contributed by atoms with Crippen molar-refractivity contribution < 1.29 is 0 Å². The lowest BCUT2D eigenvalue weighted by atomic mass is 10.4. The Kier molecular flexibility index (Phi) is 8.01. The maximum atomic E-state index is 3.83. The van der Waals surface area contributed by atoms with Crippen LogP contribution in [0.3, 0.4) is 0 Å². The average molecular weight is 273 g/mol. The van der Waals surface area contributed by atoms with Gasteiger partial charge < -0.3 is 0 Å². The molecule has 0 aliphatic rings. The smallest absolute Gasteiger partial charge is 0.0277 e. The summed E-state index contributed by atoms with van der Waals surface area (Å²) in [4.78, 5) is 3.83. The molecule has 0 aliphatic heterocycles. The first-order chi connectivity index (χ1) is 5.81. The van der Waals surface area contributed by atoms with Gasteiger partial charge in [-0.1, -0.05) is 24.8 Å². The minimum absolute atomic E-state index is 1.16. The monoisotopic (exact) mass is 273 g/mol. The molecule has 0 heterocycles. The van der Waals surface area contributed by atoms with Crippen molar-refractivity contribution >= 4 is 28.8 Å². The fraction of sp³-hybridized carbons (Fsp3) is 0.100. The van der Waals surface area contributed by atoms with Gasteiger partial charge in [0, 0.05) is 16.8 Å². The van der Waals surface area contributed by atoms with Gasteiger partial charge in [0.2, 0.25) is 0 Å². The van der Waals surface area contributed by atoms with Crippen LogP contribution < -0.4 is 0 Å². The highest BCUT2D eigenvalue weighted by atomic mass is 127. The second-order valence-corrected chi connectivity index (χ2v) is 3.18. The van der Waals surface area contributed by atoms with Crippen LogP contribution in [-0.2, 0) is 0 Å². The Balaban J connectivity index is 4.01. The summed E-state index contributed by atoms with van der Waals surface area (Å²) in [6.45, 7) is 3.58. The van der Waals surface area contributed by atoms with Crippen LogP contribution in [0.15, 0.2) is 51.6 Å². The van der Waals surface area contributed by atoms with Gasteiger partial charge in [-0.3, -0.25) is 4.99 Å². The summed E-state index contributed by atoms with van der Waals surface area (Å²) >= 11 is 2.25. The van der Waals surface area contributed by atoms with Crippen LogP contribution in [0, 0.1) is 0 Å². The second kappa shape index (κ2) is 8.46. The van der Waals surface area contributed by atoms with Gasteiger partial charge in [0.1, 0.15) is 0 Å². The zero-order valence-corrected chi connectivity index (χ0v) is 9.23. The lowest BCUT2D eigenvalue weighted by molar-refractivity contribution is 1.48. The lowest BCUT2D eigenvalue weighted by Gasteiger charge is -1.82. The van der Waals surface area contributed by atoms with Gasteiger partial charge in [0.05, 0.1) is 0 Å². The lowest BCUT2D eigenvalue weighted by Crippen LogP contribution is -1.64. The van der Waals surface area contributed by atoms with Crippen molar-refractivity contribution in [3.63, 3.8) is 0 Å². The molecule has 0 fully saturated rings. The maximum Gasteiger partial charge on any atom is 0.0277 e. The Bertz CT molecular complexity index is 234. The van der Waals surface area contributed by atoms with E-state index in [1.165, 1.54) is 0 Å². The minimum Gasteiger partial charge on any atom is -0.297 e. The van der Waals surface area contributed by atoms with E-state index in [1.54, 1.807) is 19.3 Å². The predicted molar refractivity (Wildman–Crippen MR) is 65.0 cm³/mol. The average Bonchev–Trinajstić information content (AvgIpc) is 2.06. The number of hydrogen-bond donors (Lipinski definition) is 0. The van der Waals surface area contributed by atoms with Crippen molar-refractivity contribution in [2.75, 3.05) is 7.05 Å². The second-order valence-electron chi connectivity index (χ2n) is 1.94. The molecule has 0 bridgehead atoms. The highest BCUT2D eigenvalue weighted by Crippen LogP contribution is 2.06. The van der Waals surface area contributed by atoms with E-state index in [9.17, 15) is 0 Å². The van der Waals surface area contributed by atoms with Crippen molar-refractivity contribution in [1.82, 2.24) is 0 Å². The van der Waals surface area contributed by atoms with E-state index in [4.69, 9.17) is 0 Å². The van der Waals surface area contributed by atoms with Crippen LogP contribution >= 0.6 is 22.6 Å². The summed E-state index contributed by atoms with van der Waals surface area (Å²) in [6.07, 6.45) is 13.2. The molecule has 0 spiro atoms. The van der Waals surface area contributed by atoms with Crippen LogP contribution in [0.25, 0.3) is 0 Å². The molecule has 0 N–H and O–H groups in total. The molecule has 0 aliphatic carbocycles. The molecule has 1 nitrogen and oxygen atoms in total. The summed E-state index contributed by atoms with van der Waals surface area (Å²) < 4.78 is 1.16. The summed E-state index contributed by atoms with van der Waals surface area (Å²) in [5.74, 6) is 0. The molecule has 0 saturated heterocycles. The molecule has 0 amide bonds. The van der Waals surface area contributed by atoms with E-state index in [2.05, 4.69) is 34.2 Å². The standard InChI is InChI=1S/C10H12IN/c1-3-4-5-7-10(11)8-6-9-12-2/h3-9H,1H2,2H3/b5-4-,8-6-,10-7-,12-9-. The molecule has 0 saturated carbocycles. The van der Waals surface area contributed by atoms with Crippen molar-refractivity contribution in [2.24, 2.45) is 4.99 Å². The number of nitrogens with zero attached hydrogens (tertiary/aromatic N) is 1. The molecule has 64 valence electrons. The summed E-state index contributed by atoms with van der Waals surface area (Å²) in [6, 6.07) is 0. The Hall–Kier alpha value is -0.640. The van der Waals surface area contributed by atoms with Crippen LogP contribution in [-0.4, -0.2) is 13.3 Å². The van der Waals surface area contributed by atoms with E-state index in [-0.39, 0.29) is 0 Å². The van der Waals surface area contributed by atoms with Crippen molar-refractivity contribution in [2.45, 2.75) is 0 Å². The van der Waals surface area contributed by atoms with Crippen LogP contribution in [0.4, 0.5) is 0 Å². The molecule has 0 radical (unpaired) electrons. The first-order valence-electron chi connectivity index (χ1n) is 3.55. The molecule has 0 unspecified atom stereocenters.